The molecule has 3 heterocycles. The van der Waals surface area contributed by atoms with Gasteiger partial charge in [-0.25, -0.2) is 9.97 Å². The number of fused-ring (bicyclic) bond motifs is 3. The van der Waals surface area contributed by atoms with Crippen LogP contribution in [0, 0.1) is 0 Å². The smallest absolute Gasteiger partial charge is 0.112 e. The van der Waals surface area contributed by atoms with Crippen LogP contribution in [-0.2, 0) is 24.8 Å². The zero-order valence-corrected chi connectivity index (χ0v) is 16.9. The van der Waals surface area contributed by atoms with Gasteiger partial charge in [0.15, 0.2) is 0 Å². The van der Waals surface area contributed by atoms with Gasteiger partial charge in [0.1, 0.15) is 11.3 Å². The second kappa shape index (κ2) is 7.79. The predicted molar refractivity (Wildman–Crippen MR) is 112 cm³/mol. The molecular formula is C22H25N3OS. The fraction of sp³-hybridized carbons (Fsp3) is 0.364. The summed E-state index contributed by atoms with van der Waals surface area (Å²) in [6.45, 7) is 5.78. The van der Waals surface area contributed by atoms with Gasteiger partial charge in [-0.15, -0.1) is 11.3 Å². The van der Waals surface area contributed by atoms with Gasteiger partial charge in [-0.05, 0) is 29.3 Å². The molecule has 0 saturated carbocycles. The van der Waals surface area contributed by atoms with E-state index in [1.165, 1.54) is 15.8 Å². The number of imidazole rings is 1. The number of thiophene rings is 1. The SMILES string of the molecule is CC(C)c1nc2ccsc2c2c1nc(CCCOCc1ccccc1)n2C. The Kier molecular flexibility index (Phi) is 5.23. The summed E-state index contributed by atoms with van der Waals surface area (Å²) >= 11 is 1.75. The number of pyridine rings is 1. The highest BCUT2D eigenvalue weighted by Gasteiger charge is 2.18. The molecule has 0 aliphatic rings. The lowest BCUT2D eigenvalue weighted by Crippen LogP contribution is -2.02. The van der Waals surface area contributed by atoms with Gasteiger partial charge in [0.25, 0.3) is 0 Å². The Morgan fingerprint density at radius 1 is 1.11 bits per heavy atom. The number of aromatic nitrogens is 3. The van der Waals surface area contributed by atoms with Crippen molar-refractivity contribution in [3.8, 4) is 0 Å². The first-order valence-corrected chi connectivity index (χ1v) is 10.4. The van der Waals surface area contributed by atoms with Crippen LogP contribution in [0.25, 0.3) is 21.3 Å². The van der Waals surface area contributed by atoms with Crippen molar-refractivity contribution in [1.82, 2.24) is 14.5 Å². The molecule has 0 aliphatic carbocycles. The van der Waals surface area contributed by atoms with Gasteiger partial charge in [0.2, 0.25) is 0 Å². The van der Waals surface area contributed by atoms with Gasteiger partial charge in [-0.1, -0.05) is 44.2 Å². The van der Waals surface area contributed by atoms with Crippen LogP contribution in [0.2, 0.25) is 0 Å². The Bertz CT molecular complexity index is 1050. The molecule has 0 N–H and O–H groups in total. The molecular weight excluding hydrogens is 354 g/mol. The first kappa shape index (κ1) is 18.1. The predicted octanol–water partition coefficient (Wildman–Crippen LogP) is 5.46. The molecule has 1 aromatic carbocycles. The number of hydrogen-bond acceptors (Lipinski definition) is 4. The summed E-state index contributed by atoms with van der Waals surface area (Å²) in [5.41, 5.74) is 5.67. The standard InChI is InChI=1S/C22H25N3OS/c1-15(2)19-20-21(22-17(23-19)11-13-27-22)25(3)18(24-20)10-7-12-26-14-16-8-5-4-6-9-16/h4-6,8-9,11,13,15H,7,10,12,14H2,1-3H3. The Labute approximate surface area is 163 Å². The summed E-state index contributed by atoms with van der Waals surface area (Å²) in [6.07, 6.45) is 1.87. The fourth-order valence-electron chi connectivity index (χ4n) is 3.46. The van der Waals surface area contributed by atoms with E-state index < -0.39 is 0 Å². The highest BCUT2D eigenvalue weighted by atomic mass is 32.1. The highest BCUT2D eigenvalue weighted by Crippen LogP contribution is 2.33. The van der Waals surface area contributed by atoms with E-state index in [1.54, 1.807) is 11.3 Å². The maximum atomic E-state index is 5.83. The quantitative estimate of drug-likeness (QED) is 0.401. The van der Waals surface area contributed by atoms with Crippen LogP contribution >= 0.6 is 11.3 Å². The lowest BCUT2D eigenvalue weighted by molar-refractivity contribution is 0.118. The average molecular weight is 380 g/mol. The second-order valence-corrected chi connectivity index (χ2v) is 8.13. The van der Waals surface area contributed by atoms with E-state index in [1.807, 2.05) is 18.2 Å². The van der Waals surface area contributed by atoms with E-state index in [-0.39, 0.29) is 0 Å². The molecule has 27 heavy (non-hydrogen) atoms. The molecule has 140 valence electrons. The third-order valence-electron chi connectivity index (χ3n) is 4.88. The van der Waals surface area contributed by atoms with Crippen molar-refractivity contribution in [1.29, 1.82) is 0 Å². The minimum atomic E-state index is 0.355. The monoisotopic (exact) mass is 379 g/mol. The Morgan fingerprint density at radius 3 is 2.70 bits per heavy atom. The fourth-order valence-corrected chi connectivity index (χ4v) is 4.37. The lowest BCUT2D eigenvalue weighted by atomic mass is 10.1. The molecule has 0 spiro atoms. The number of benzene rings is 1. The van der Waals surface area contributed by atoms with Crippen LogP contribution in [0.1, 0.15) is 43.3 Å². The maximum absolute atomic E-state index is 5.83. The lowest BCUT2D eigenvalue weighted by Gasteiger charge is -2.07. The van der Waals surface area contributed by atoms with E-state index in [9.17, 15) is 0 Å². The Balaban J connectivity index is 1.50. The zero-order chi connectivity index (χ0) is 18.8. The molecule has 0 radical (unpaired) electrons. The Hall–Kier alpha value is -2.24. The number of nitrogens with zero attached hydrogens (tertiary/aromatic N) is 3. The molecule has 4 nitrogen and oxygen atoms in total. The summed E-state index contributed by atoms with van der Waals surface area (Å²) < 4.78 is 9.31. The number of rotatable bonds is 7. The molecule has 0 bridgehead atoms. The van der Waals surface area contributed by atoms with E-state index in [0.29, 0.717) is 12.5 Å². The molecule has 3 aromatic heterocycles. The van der Waals surface area contributed by atoms with Gasteiger partial charge in [0.05, 0.1) is 28.0 Å². The van der Waals surface area contributed by atoms with E-state index in [0.717, 1.165) is 42.0 Å². The number of hydrogen-bond donors (Lipinski definition) is 0. The summed E-state index contributed by atoms with van der Waals surface area (Å²) in [6, 6.07) is 12.4. The molecule has 5 heteroatoms. The summed E-state index contributed by atoms with van der Waals surface area (Å²) in [5, 5.41) is 2.12. The van der Waals surface area contributed by atoms with E-state index in [2.05, 4.69) is 49.0 Å². The van der Waals surface area contributed by atoms with Crippen molar-refractivity contribution in [3.63, 3.8) is 0 Å². The first-order chi connectivity index (χ1) is 13.1. The summed E-state index contributed by atoms with van der Waals surface area (Å²) in [7, 11) is 2.12. The van der Waals surface area contributed by atoms with Crippen LogP contribution < -0.4 is 0 Å². The van der Waals surface area contributed by atoms with Crippen molar-refractivity contribution in [2.45, 2.75) is 39.2 Å². The zero-order valence-electron chi connectivity index (χ0n) is 16.1. The molecule has 0 atom stereocenters. The highest BCUT2D eigenvalue weighted by molar-refractivity contribution is 7.18. The van der Waals surface area contributed by atoms with E-state index >= 15 is 0 Å². The van der Waals surface area contributed by atoms with Crippen molar-refractivity contribution < 1.29 is 4.74 Å². The van der Waals surface area contributed by atoms with Crippen LogP contribution in [0.3, 0.4) is 0 Å². The molecule has 0 aliphatic heterocycles. The second-order valence-electron chi connectivity index (χ2n) is 7.21. The molecule has 4 rings (SSSR count). The molecule has 0 amide bonds. The molecule has 0 saturated heterocycles. The van der Waals surface area contributed by atoms with Crippen LogP contribution in [0.5, 0.6) is 0 Å². The van der Waals surface area contributed by atoms with Gasteiger partial charge in [0, 0.05) is 20.1 Å². The third kappa shape index (κ3) is 3.62. The van der Waals surface area contributed by atoms with Gasteiger partial charge >= 0.3 is 0 Å². The van der Waals surface area contributed by atoms with Gasteiger partial charge < -0.3 is 9.30 Å². The normalized spacial score (nSPS) is 11.9. The topological polar surface area (TPSA) is 39.9 Å². The Morgan fingerprint density at radius 2 is 1.93 bits per heavy atom. The maximum Gasteiger partial charge on any atom is 0.112 e. The van der Waals surface area contributed by atoms with Crippen LogP contribution in [-0.4, -0.2) is 21.1 Å². The third-order valence-corrected chi connectivity index (χ3v) is 5.79. The van der Waals surface area contributed by atoms with Crippen molar-refractivity contribution >= 4 is 32.6 Å². The van der Waals surface area contributed by atoms with Crippen molar-refractivity contribution in [2.24, 2.45) is 7.05 Å². The largest absolute Gasteiger partial charge is 0.377 e. The molecule has 0 fully saturated rings. The van der Waals surface area contributed by atoms with Crippen LogP contribution in [0.15, 0.2) is 41.8 Å². The van der Waals surface area contributed by atoms with Gasteiger partial charge in [-0.2, -0.15) is 0 Å². The molecule has 4 aromatic rings. The first-order valence-electron chi connectivity index (χ1n) is 9.49. The minimum Gasteiger partial charge on any atom is -0.377 e. The number of ether oxygens (including phenoxy) is 1. The van der Waals surface area contributed by atoms with Crippen molar-refractivity contribution in [3.05, 3.63) is 58.9 Å². The van der Waals surface area contributed by atoms with Crippen LogP contribution in [0.4, 0.5) is 0 Å². The number of aryl methyl sites for hydroxylation is 2. The molecule has 0 unspecified atom stereocenters. The summed E-state index contributed by atoms with van der Waals surface area (Å²) in [4.78, 5) is 9.84. The summed E-state index contributed by atoms with van der Waals surface area (Å²) in [5.74, 6) is 1.46. The van der Waals surface area contributed by atoms with Crippen molar-refractivity contribution in [2.75, 3.05) is 6.61 Å². The minimum absolute atomic E-state index is 0.355. The average Bonchev–Trinajstić information content (AvgIpc) is 3.26. The van der Waals surface area contributed by atoms with Gasteiger partial charge in [-0.3, -0.25) is 0 Å². The van der Waals surface area contributed by atoms with E-state index in [4.69, 9.17) is 14.7 Å².